The van der Waals surface area contributed by atoms with Gasteiger partial charge in [-0.15, -0.1) is 0 Å². The lowest BCUT2D eigenvalue weighted by Gasteiger charge is -2.20. The zero-order valence-corrected chi connectivity index (χ0v) is 17.3. The Morgan fingerprint density at radius 1 is 1.11 bits per heavy atom. The summed E-state index contributed by atoms with van der Waals surface area (Å²) in [5.74, 6) is 1.49. The Hall–Kier alpha value is -2.13. The van der Waals surface area contributed by atoms with Crippen LogP contribution >= 0.6 is 0 Å². The molecule has 0 bridgehead atoms. The van der Waals surface area contributed by atoms with E-state index in [0.29, 0.717) is 31.1 Å². The molecule has 1 N–H and O–H groups in total. The number of ether oxygens (including phenoxy) is 1. The Morgan fingerprint density at radius 3 is 2.50 bits per heavy atom. The lowest BCUT2D eigenvalue weighted by Crippen LogP contribution is -2.24. The van der Waals surface area contributed by atoms with Crippen LogP contribution in [0.5, 0.6) is 5.75 Å². The molecule has 1 fully saturated rings. The highest BCUT2D eigenvalue weighted by Crippen LogP contribution is 2.33. The van der Waals surface area contributed by atoms with Crippen molar-refractivity contribution in [2.45, 2.75) is 52.9 Å². The second-order valence-electron chi connectivity index (χ2n) is 8.07. The molecule has 3 rings (SSSR count). The topological polar surface area (TPSA) is 46.5 Å². The van der Waals surface area contributed by atoms with Crippen LogP contribution in [0.15, 0.2) is 36.4 Å². The first-order chi connectivity index (χ1) is 13.5. The van der Waals surface area contributed by atoms with Gasteiger partial charge in [-0.25, -0.2) is 0 Å². The van der Waals surface area contributed by atoms with Crippen LogP contribution in [0.25, 0.3) is 0 Å². The van der Waals surface area contributed by atoms with Crippen molar-refractivity contribution in [2.75, 3.05) is 13.2 Å². The highest BCUT2D eigenvalue weighted by Gasteiger charge is 2.35. The first-order valence-electron chi connectivity index (χ1n) is 10.5. The molecule has 150 valence electrons. The highest BCUT2D eigenvalue weighted by molar-refractivity contribution is 5.83. The van der Waals surface area contributed by atoms with Crippen molar-refractivity contribution in [1.82, 2.24) is 0 Å². The van der Waals surface area contributed by atoms with E-state index in [1.54, 1.807) is 0 Å². The fourth-order valence-electron chi connectivity index (χ4n) is 4.46. The molecule has 0 heterocycles. The lowest BCUT2D eigenvalue weighted by molar-refractivity contribution is -0.122. The number of carbonyl (C=O) groups is 1. The molecular formula is C25H32O3. The fourth-order valence-corrected chi connectivity index (χ4v) is 4.46. The molecular weight excluding hydrogens is 348 g/mol. The van der Waals surface area contributed by atoms with E-state index in [-0.39, 0.29) is 12.5 Å². The summed E-state index contributed by atoms with van der Waals surface area (Å²) in [6.07, 6.45) is 4.27. The van der Waals surface area contributed by atoms with Gasteiger partial charge in [0, 0.05) is 13.0 Å². The SMILES string of the molecule is CCc1cccc(C[C@H]2CCC(=O)[C@@H]2COc2cc(C)c(CCO)c(C)c2)c1. The van der Waals surface area contributed by atoms with Gasteiger partial charge in [0.25, 0.3) is 0 Å². The van der Waals surface area contributed by atoms with Gasteiger partial charge in [0.05, 0.1) is 12.5 Å². The quantitative estimate of drug-likeness (QED) is 0.727. The second kappa shape index (κ2) is 9.38. The molecule has 2 aromatic rings. The zero-order valence-electron chi connectivity index (χ0n) is 17.3. The molecule has 0 saturated heterocycles. The summed E-state index contributed by atoms with van der Waals surface area (Å²) in [7, 11) is 0. The number of aliphatic hydroxyl groups is 1. The van der Waals surface area contributed by atoms with Crippen LogP contribution in [-0.2, 0) is 24.1 Å². The van der Waals surface area contributed by atoms with Crippen LogP contribution in [0, 0.1) is 25.7 Å². The van der Waals surface area contributed by atoms with E-state index < -0.39 is 0 Å². The van der Waals surface area contributed by atoms with E-state index in [2.05, 4.69) is 45.0 Å². The molecule has 0 aliphatic heterocycles. The van der Waals surface area contributed by atoms with Gasteiger partial charge >= 0.3 is 0 Å². The van der Waals surface area contributed by atoms with Crippen molar-refractivity contribution in [3.8, 4) is 5.75 Å². The van der Waals surface area contributed by atoms with Crippen LogP contribution in [-0.4, -0.2) is 24.1 Å². The van der Waals surface area contributed by atoms with Crippen LogP contribution < -0.4 is 4.74 Å². The van der Waals surface area contributed by atoms with E-state index in [0.717, 1.165) is 36.1 Å². The van der Waals surface area contributed by atoms with E-state index in [1.807, 2.05) is 12.1 Å². The molecule has 0 radical (unpaired) electrons. The van der Waals surface area contributed by atoms with Gasteiger partial charge in [-0.2, -0.15) is 0 Å². The molecule has 0 spiro atoms. The largest absolute Gasteiger partial charge is 0.493 e. The fraction of sp³-hybridized carbons (Fsp3) is 0.480. The number of hydrogen-bond donors (Lipinski definition) is 1. The molecule has 1 aliphatic carbocycles. The van der Waals surface area contributed by atoms with Crippen molar-refractivity contribution >= 4 is 5.78 Å². The molecule has 1 aliphatic rings. The van der Waals surface area contributed by atoms with E-state index in [1.165, 1.54) is 16.7 Å². The maximum Gasteiger partial charge on any atom is 0.139 e. The summed E-state index contributed by atoms with van der Waals surface area (Å²) >= 11 is 0. The Kier molecular flexibility index (Phi) is 6.90. The van der Waals surface area contributed by atoms with Crippen molar-refractivity contribution in [1.29, 1.82) is 0 Å². The average Bonchev–Trinajstić information content (AvgIpc) is 3.02. The van der Waals surface area contributed by atoms with Crippen LogP contribution in [0.4, 0.5) is 0 Å². The van der Waals surface area contributed by atoms with Gasteiger partial charge in [0.2, 0.25) is 0 Å². The number of benzene rings is 2. The van der Waals surface area contributed by atoms with Crippen molar-refractivity contribution in [3.63, 3.8) is 0 Å². The number of aliphatic hydroxyl groups excluding tert-OH is 1. The summed E-state index contributed by atoms with van der Waals surface area (Å²) in [5, 5.41) is 9.23. The molecule has 2 aromatic carbocycles. The number of carbonyl (C=O) groups excluding carboxylic acids is 1. The molecule has 2 atom stereocenters. The smallest absolute Gasteiger partial charge is 0.139 e. The predicted octanol–water partition coefficient (Wildman–Crippen LogP) is 4.62. The molecule has 28 heavy (non-hydrogen) atoms. The van der Waals surface area contributed by atoms with E-state index in [9.17, 15) is 9.90 Å². The monoisotopic (exact) mass is 380 g/mol. The minimum Gasteiger partial charge on any atom is -0.493 e. The summed E-state index contributed by atoms with van der Waals surface area (Å²) in [6, 6.07) is 12.8. The molecule has 0 unspecified atom stereocenters. The maximum absolute atomic E-state index is 12.5. The molecule has 0 aromatic heterocycles. The van der Waals surface area contributed by atoms with Gasteiger partial charge in [-0.3, -0.25) is 4.79 Å². The standard InChI is InChI=1S/C25H32O3/c1-4-19-6-5-7-20(14-19)15-21-8-9-25(27)24(21)16-28-22-12-17(2)23(10-11-26)18(3)13-22/h5-7,12-14,21,24,26H,4,8-11,15-16H2,1-3H3/t21-,24-/m1/s1. The Morgan fingerprint density at radius 2 is 1.82 bits per heavy atom. The number of aryl methyl sites for hydroxylation is 3. The third-order valence-corrected chi connectivity index (χ3v) is 6.10. The highest BCUT2D eigenvalue weighted by atomic mass is 16.5. The van der Waals surface area contributed by atoms with Crippen LogP contribution in [0.3, 0.4) is 0 Å². The molecule has 3 heteroatoms. The third kappa shape index (κ3) is 4.82. The van der Waals surface area contributed by atoms with Gasteiger partial charge in [-0.05, 0) is 85.4 Å². The van der Waals surface area contributed by atoms with Crippen molar-refractivity contribution < 1.29 is 14.6 Å². The van der Waals surface area contributed by atoms with Gasteiger partial charge in [-0.1, -0.05) is 31.2 Å². The van der Waals surface area contributed by atoms with Gasteiger partial charge < -0.3 is 9.84 Å². The molecule has 0 amide bonds. The predicted molar refractivity (Wildman–Crippen MR) is 113 cm³/mol. The number of ketones is 1. The summed E-state index contributed by atoms with van der Waals surface area (Å²) in [6.45, 7) is 6.88. The third-order valence-electron chi connectivity index (χ3n) is 6.10. The van der Waals surface area contributed by atoms with Gasteiger partial charge in [0.15, 0.2) is 0 Å². The number of hydrogen-bond acceptors (Lipinski definition) is 3. The summed E-state index contributed by atoms with van der Waals surface area (Å²) in [4.78, 5) is 12.5. The van der Waals surface area contributed by atoms with Crippen molar-refractivity contribution in [3.05, 3.63) is 64.2 Å². The second-order valence-corrected chi connectivity index (χ2v) is 8.07. The van der Waals surface area contributed by atoms with E-state index >= 15 is 0 Å². The molecule has 1 saturated carbocycles. The first kappa shape index (κ1) is 20.6. The lowest BCUT2D eigenvalue weighted by atomic mass is 9.89. The Bertz CT molecular complexity index is 801. The Labute approximate surface area is 168 Å². The van der Waals surface area contributed by atoms with Crippen LogP contribution in [0.2, 0.25) is 0 Å². The minimum absolute atomic E-state index is 0.0250. The number of Topliss-reactive ketones (excluding diaryl/α,β-unsaturated/α-hetero) is 1. The summed E-state index contributed by atoms with van der Waals surface area (Å²) < 4.78 is 6.08. The maximum atomic E-state index is 12.5. The minimum atomic E-state index is -0.0250. The van der Waals surface area contributed by atoms with E-state index in [4.69, 9.17) is 4.74 Å². The average molecular weight is 381 g/mol. The van der Waals surface area contributed by atoms with Crippen LogP contribution in [0.1, 0.15) is 47.6 Å². The molecule has 3 nitrogen and oxygen atoms in total. The van der Waals surface area contributed by atoms with Gasteiger partial charge in [0.1, 0.15) is 11.5 Å². The Balaban J connectivity index is 1.67. The number of rotatable bonds is 8. The summed E-state index contributed by atoms with van der Waals surface area (Å²) in [5.41, 5.74) is 6.12. The van der Waals surface area contributed by atoms with Crippen molar-refractivity contribution in [2.24, 2.45) is 11.8 Å². The first-order valence-corrected chi connectivity index (χ1v) is 10.5. The normalized spacial score (nSPS) is 19.2. The zero-order chi connectivity index (χ0) is 20.1.